The fourth-order valence-electron chi connectivity index (χ4n) is 3.48. The minimum absolute atomic E-state index is 0.0538. The molecule has 2 aliphatic heterocycles. The van der Waals surface area contributed by atoms with Crippen molar-refractivity contribution in [1.29, 1.82) is 0 Å². The zero-order valence-corrected chi connectivity index (χ0v) is 14.1. The van der Waals surface area contributed by atoms with Gasteiger partial charge in [0.05, 0.1) is 17.9 Å². The van der Waals surface area contributed by atoms with Crippen LogP contribution in [0.15, 0.2) is 41.0 Å². The highest BCUT2D eigenvalue weighted by atomic mass is 16.6. The first kappa shape index (κ1) is 16.0. The maximum absolute atomic E-state index is 12.7. The average Bonchev–Trinajstić information content (AvgIpc) is 3.36. The summed E-state index contributed by atoms with van der Waals surface area (Å²) in [5.74, 6) is 1.89. The van der Waals surface area contributed by atoms with E-state index in [9.17, 15) is 4.79 Å². The van der Waals surface area contributed by atoms with Gasteiger partial charge in [0, 0.05) is 6.54 Å². The molecule has 2 aromatic rings. The van der Waals surface area contributed by atoms with Crippen LogP contribution in [-0.4, -0.2) is 43.7 Å². The number of hydrogen-bond donors (Lipinski definition) is 1. The highest BCUT2D eigenvalue weighted by Gasteiger charge is 2.27. The molecular formula is C19H22N2O4. The Morgan fingerprint density at radius 2 is 1.96 bits per heavy atom. The lowest BCUT2D eigenvalue weighted by molar-refractivity contribution is 0.0923. The average molecular weight is 342 g/mol. The highest BCUT2D eigenvalue weighted by Crippen LogP contribution is 2.33. The van der Waals surface area contributed by atoms with E-state index in [-0.39, 0.29) is 11.9 Å². The lowest BCUT2D eigenvalue weighted by Gasteiger charge is -2.26. The van der Waals surface area contributed by atoms with E-state index in [0.29, 0.717) is 36.8 Å². The Balaban J connectivity index is 1.48. The summed E-state index contributed by atoms with van der Waals surface area (Å²) in [6.07, 6.45) is 4.05. The number of rotatable bonds is 5. The largest absolute Gasteiger partial charge is 0.486 e. The van der Waals surface area contributed by atoms with Gasteiger partial charge >= 0.3 is 0 Å². The minimum atomic E-state index is -0.155. The number of amides is 1. The second-order valence-corrected chi connectivity index (χ2v) is 6.31. The van der Waals surface area contributed by atoms with Gasteiger partial charge in [-0.05, 0) is 50.2 Å². The Kier molecular flexibility index (Phi) is 4.61. The van der Waals surface area contributed by atoms with E-state index in [4.69, 9.17) is 13.9 Å². The molecule has 0 saturated carbocycles. The zero-order chi connectivity index (χ0) is 17.1. The van der Waals surface area contributed by atoms with Crippen LogP contribution in [-0.2, 0) is 0 Å². The SMILES string of the molecule is O=C(NCC(c1ccco1)N1CCCC1)c1cccc2c1OCCO2. The van der Waals surface area contributed by atoms with Crippen molar-refractivity contribution >= 4 is 5.91 Å². The molecule has 1 saturated heterocycles. The fraction of sp³-hybridized carbons (Fsp3) is 0.421. The van der Waals surface area contributed by atoms with E-state index >= 15 is 0 Å². The Morgan fingerprint density at radius 3 is 2.76 bits per heavy atom. The Labute approximate surface area is 146 Å². The van der Waals surface area contributed by atoms with E-state index in [0.717, 1.165) is 18.8 Å². The third-order valence-electron chi connectivity index (χ3n) is 4.72. The zero-order valence-electron chi connectivity index (χ0n) is 14.1. The third-order valence-corrected chi connectivity index (χ3v) is 4.72. The molecule has 6 heteroatoms. The van der Waals surface area contributed by atoms with Crippen LogP contribution in [0, 0.1) is 0 Å². The summed E-state index contributed by atoms with van der Waals surface area (Å²) in [7, 11) is 0. The van der Waals surface area contributed by atoms with Gasteiger partial charge in [0.1, 0.15) is 19.0 Å². The lowest BCUT2D eigenvalue weighted by Crippen LogP contribution is -2.37. The van der Waals surface area contributed by atoms with Crippen LogP contribution < -0.4 is 14.8 Å². The normalized spacial score (nSPS) is 18.1. The summed E-state index contributed by atoms with van der Waals surface area (Å²) in [5, 5.41) is 3.04. The number of benzene rings is 1. The van der Waals surface area contributed by atoms with Crippen LogP contribution in [0.25, 0.3) is 0 Å². The van der Waals surface area contributed by atoms with Gasteiger partial charge in [-0.2, -0.15) is 0 Å². The molecule has 0 radical (unpaired) electrons. The topological polar surface area (TPSA) is 63.9 Å². The molecule has 0 spiro atoms. The summed E-state index contributed by atoms with van der Waals surface area (Å²) >= 11 is 0. The standard InChI is InChI=1S/C19H22N2O4/c22-19(14-5-3-6-17-18(14)25-12-11-24-17)20-13-15(16-7-4-10-23-16)21-8-1-2-9-21/h3-7,10,15H,1-2,8-9,11-13H2,(H,20,22). The molecule has 1 atom stereocenters. The number of furan rings is 1. The predicted octanol–water partition coefficient (Wildman–Crippen LogP) is 2.62. The van der Waals surface area contributed by atoms with E-state index < -0.39 is 0 Å². The molecule has 1 N–H and O–H groups in total. The first-order chi connectivity index (χ1) is 12.3. The van der Waals surface area contributed by atoms with Crippen molar-refractivity contribution in [2.75, 3.05) is 32.8 Å². The molecule has 1 amide bonds. The van der Waals surface area contributed by atoms with Crippen molar-refractivity contribution in [3.8, 4) is 11.5 Å². The molecular weight excluding hydrogens is 320 g/mol. The van der Waals surface area contributed by atoms with Crippen LogP contribution in [0.5, 0.6) is 11.5 Å². The first-order valence-corrected chi connectivity index (χ1v) is 8.77. The summed E-state index contributed by atoms with van der Waals surface area (Å²) in [6.45, 7) is 3.52. The van der Waals surface area contributed by atoms with Crippen LogP contribution >= 0.6 is 0 Å². The minimum Gasteiger partial charge on any atom is -0.486 e. The van der Waals surface area contributed by atoms with Gasteiger partial charge in [0.15, 0.2) is 11.5 Å². The molecule has 0 bridgehead atoms. The molecule has 6 nitrogen and oxygen atoms in total. The number of hydrogen-bond acceptors (Lipinski definition) is 5. The maximum Gasteiger partial charge on any atom is 0.255 e. The van der Waals surface area contributed by atoms with Crippen molar-refractivity contribution in [3.05, 3.63) is 47.9 Å². The van der Waals surface area contributed by atoms with E-state index in [1.54, 1.807) is 12.3 Å². The molecule has 1 fully saturated rings. The predicted molar refractivity (Wildman–Crippen MR) is 92.0 cm³/mol. The number of nitrogens with one attached hydrogen (secondary N) is 1. The number of carbonyl (C=O) groups excluding carboxylic acids is 1. The molecule has 4 rings (SSSR count). The van der Waals surface area contributed by atoms with Gasteiger partial charge in [0.2, 0.25) is 0 Å². The van der Waals surface area contributed by atoms with Crippen LogP contribution in [0.2, 0.25) is 0 Å². The molecule has 2 aliphatic rings. The Bertz CT molecular complexity index is 723. The smallest absolute Gasteiger partial charge is 0.255 e. The van der Waals surface area contributed by atoms with Crippen molar-refractivity contribution in [3.63, 3.8) is 0 Å². The van der Waals surface area contributed by atoms with Gasteiger partial charge in [-0.25, -0.2) is 0 Å². The molecule has 3 heterocycles. The highest BCUT2D eigenvalue weighted by molar-refractivity contribution is 5.97. The third kappa shape index (κ3) is 3.35. The molecule has 1 aromatic heterocycles. The monoisotopic (exact) mass is 342 g/mol. The first-order valence-electron chi connectivity index (χ1n) is 8.77. The van der Waals surface area contributed by atoms with Gasteiger partial charge < -0.3 is 19.2 Å². The number of para-hydroxylation sites is 1. The lowest BCUT2D eigenvalue weighted by atomic mass is 10.1. The van der Waals surface area contributed by atoms with Gasteiger partial charge in [0.25, 0.3) is 5.91 Å². The van der Waals surface area contributed by atoms with Crippen LogP contribution in [0.3, 0.4) is 0 Å². The van der Waals surface area contributed by atoms with Gasteiger partial charge in [-0.1, -0.05) is 6.07 Å². The van der Waals surface area contributed by atoms with Crippen LogP contribution in [0.1, 0.15) is 35.0 Å². The molecule has 1 aromatic carbocycles. The second-order valence-electron chi connectivity index (χ2n) is 6.31. The van der Waals surface area contributed by atoms with E-state index in [2.05, 4.69) is 10.2 Å². The van der Waals surface area contributed by atoms with Crippen LogP contribution in [0.4, 0.5) is 0 Å². The fourth-order valence-corrected chi connectivity index (χ4v) is 3.48. The molecule has 0 aliphatic carbocycles. The second kappa shape index (κ2) is 7.19. The van der Waals surface area contributed by atoms with E-state index in [1.165, 1.54) is 12.8 Å². The number of ether oxygens (including phenoxy) is 2. The quantitative estimate of drug-likeness (QED) is 0.905. The molecule has 132 valence electrons. The number of nitrogens with zero attached hydrogens (tertiary/aromatic N) is 1. The summed E-state index contributed by atoms with van der Waals surface area (Å²) in [5.41, 5.74) is 0.511. The van der Waals surface area contributed by atoms with E-state index in [1.807, 2.05) is 24.3 Å². The number of fused-ring (bicyclic) bond motifs is 1. The van der Waals surface area contributed by atoms with Crippen molar-refractivity contribution in [1.82, 2.24) is 10.2 Å². The van der Waals surface area contributed by atoms with Gasteiger partial charge in [-0.3, -0.25) is 9.69 Å². The van der Waals surface area contributed by atoms with Crippen molar-refractivity contribution in [2.24, 2.45) is 0 Å². The number of carbonyl (C=O) groups is 1. The van der Waals surface area contributed by atoms with Crippen molar-refractivity contribution < 1.29 is 18.7 Å². The number of likely N-dealkylation sites (tertiary alicyclic amines) is 1. The Hall–Kier alpha value is -2.47. The maximum atomic E-state index is 12.7. The summed E-state index contributed by atoms with van der Waals surface area (Å²) in [6, 6.07) is 9.31. The summed E-state index contributed by atoms with van der Waals surface area (Å²) in [4.78, 5) is 15.1. The molecule has 1 unspecified atom stereocenters. The summed E-state index contributed by atoms with van der Waals surface area (Å²) < 4.78 is 16.8. The van der Waals surface area contributed by atoms with Crippen molar-refractivity contribution in [2.45, 2.75) is 18.9 Å². The molecule has 25 heavy (non-hydrogen) atoms. The van der Waals surface area contributed by atoms with Gasteiger partial charge in [-0.15, -0.1) is 0 Å². The Morgan fingerprint density at radius 1 is 1.12 bits per heavy atom.